The molecule has 12 heavy (non-hydrogen) atoms. The molecule has 1 unspecified atom stereocenters. The molecule has 0 heterocycles. The van der Waals surface area contributed by atoms with Crippen LogP contribution in [0.15, 0.2) is 0 Å². The molecule has 0 aliphatic carbocycles. The van der Waals surface area contributed by atoms with Gasteiger partial charge in [0, 0.05) is 12.5 Å². The molecule has 1 atom stereocenters. The van der Waals surface area contributed by atoms with Gasteiger partial charge in [-0.2, -0.15) is 0 Å². The summed E-state index contributed by atoms with van der Waals surface area (Å²) in [4.78, 5) is 0. The van der Waals surface area contributed by atoms with Crippen LogP contribution in [0, 0.1) is 5.41 Å². The van der Waals surface area contributed by atoms with Crippen molar-refractivity contribution in [1.29, 1.82) is 0 Å². The van der Waals surface area contributed by atoms with Gasteiger partial charge in [0.05, 0.1) is 5.75 Å². The van der Waals surface area contributed by atoms with Crippen molar-refractivity contribution < 1.29 is 18.3 Å². The van der Waals surface area contributed by atoms with Gasteiger partial charge in [0.2, 0.25) is 10.0 Å². The van der Waals surface area contributed by atoms with Gasteiger partial charge in [0.25, 0.3) is 0 Å². The van der Waals surface area contributed by atoms with Gasteiger partial charge in [0.15, 0.2) is 6.29 Å². The zero-order chi connectivity index (χ0) is 9.99. The van der Waals surface area contributed by atoms with E-state index in [4.69, 9.17) is 5.14 Å². The predicted octanol–water partition coefficient (Wildman–Crippen LogP) is -0.734. The number of rotatable bonds is 4. The first-order valence-corrected chi connectivity index (χ1v) is 5.12. The predicted molar refractivity (Wildman–Crippen MR) is 44.8 cm³/mol. The average Bonchev–Trinajstić information content (AvgIpc) is 1.80. The second-order valence-corrected chi connectivity index (χ2v) is 5.00. The van der Waals surface area contributed by atoms with E-state index in [0.717, 1.165) is 0 Å². The minimum atomic E-state index is -3.58. The summed E-state index contributed by atoms with van der Waals surface area (Å²) in [7, 11) is -2.28. The molecule has 0 aromatic rings. The summed E-state index contributed by atoms with van der Waals surface area (Å²) in [5.41, 5.74) is -0.887. The van der Waals surface area contributed by atoms with E-state index in [2.05, 4.69) is 4.74 Å². The quantitative estimate of drug-likeness (QED) is 0.581. The molecular formula is C6H15NO4S. The third kappa shape index (κ3) is 4.01. The molecule has 0 aliphatic rings. The Morgan fingerprint density at radius 3 is 2.25 bits per heavy atom. The molecule has 0 spiro atoms. The van der Waals surface area contributed by atoms with Gasteiger partial charge in [0.1, 0.15) is 0 Å². The minimum absolute atomic E-state index is 0.311. The number of aliphatic hydroxyl groups excluding tert-OH is 1. The van der Waals surface area contributed by atoms with Gasteiger partial charge >= 0.3 is 0 Å². The molecule has 0 aromatic heterocycles. The van der Waals surface area contributed by atoms with Crippen molar-refractivity contribution in [1.82, 2.24) is 0 Å². The summed E-state index contributed by atoms with van der Waals surface area (Å²) in [5.74, 6) is -0.311. The highest BCUT2D eigenvalue weighted by Gasteiger charge is 2.32. The lowest BCUT2D eigenvalue weighted by Crippen LogP contribution is -2.39. The first kappa shape index (κ1) is 11.8. The Bertz CT molecular complexity index is 234. The molecule has 74 valence electrons. The molecular weight excluding hydrogens is 182 g/mol. The zero-order valence-corrected chi connectivity index (χ0v) is 8.26. The first-order chi connectivity index (χ1) is 5.19. The number of ether oxygens (including phenoxy) is 1. The van der Waals surface area contributed by atoms with Crippen LogP contribution in [0.4, 0.5) is 0 Å². The fourth-order valence-corrected chi connectivity index (χ4v) is 2.09. The number of hydrogen-bond acceptors (Lipinski definition) is 4. The lowest BCUT2D eigenvalue weighted by molar-refractivity contribution is -0.138. The Balaban J connectivity index is 4.43. The molecule has 0 aliphatic heterocycles. The van der Waals surface area contributed by atoms with E-state index in [0.29, 0.717) is 0 Å². The number of aliphatic hydroxyl groups is 1. The maximum atomic E-state index is 10.7. The van der Waals surface area contributed by atoms with Crippen molar-refractivity contribution in [3.63, 3.8) is 0 Å². The summed E-state index contributed by atoms with van der Waals surface area (Å²) in [6.45, 7) is 3.12. The van der Waals surface area contributed by atoms with Crippen molar-refractivity contribution in [2.24, 2.45) is 10.6 Å². The number of nitrogens with two attached hydrogens (primary N) is 1. The third-order valence-electron chi connectivity index (χ3n) is 1.46. The van der Waals surface area contributed by atoms with Crippen molar-refractivity contribution in [2.75, 3.05) is 12.9 Å². The van der Waals surface area contributed by atoms with Gasteiger partial charge < -0.3 is 9.84 Å². The fraction of sp³-hybridized carbons (Fsp3) is 1.00. The Morgan fingerprint density at radius 1 is 1.58 bits per heavy atom. The monoisotopic (exact) mass is 197 g/mol. The standard InChI is InChI=1S/C6H15NO4S/c1-6(2,5(8)11-3)4-12(7,9)10/h5,8H,4H2,1-3H3,(H2,7,9,10). The van der Waals surface area contributed by atoms with E-state index in [-0.39, 0.29) is 5.75 Å². The smallest absolute Gasteiger partial charge is 0.209 e. The van der Waals surface area contributed by atoms with E-state index < -0.39 is 21.7 Å². The second kappa shape index (κ2) is 3.69. The van der Waals surface area contributed by atoms with Gasteiger partial charge in [-0.1, -0.05) is 13.8 Å². The summed E-state index contributed by atoms with van der Waals surface area (Å²) in [5, 5.41) is 14.0. The highest BCUT2D eigenvalue weighted by Crippen LogP contribution is 2.22. The molecule has 0 saturated carbocycles. The molecule has 6 heteroatoms. The summed E-state index contributed by atoms with van der Waals surface area (Å²) >= 11 is 0. The maximum absolute atomic E-state index is 10.7. The van der Waals surface area contributed by atoms with Crippen LogP contribution in [0.2, 0.25) is 0 Å². The SMILES string of the molecule is COC(O)C(C)(C)CS(N)(=O)=O. The van der Waals surface area contributed by atoms with Gasteiger partial charge in [-0.3, -0.25) is 0 Å². The lowest BCUT2D eigenvalue weighted by Gasteiger charge is -2.27. The number of sulfonamides is 1. The van der Waals surface area contributed by atoms with Crippen molar-refractivity contribution in [3.8, 4) is 0 Å². The van der Waals surface area contributed by atoms with Crippen molar-refractivity contribution >= 4 is 10.0 Å². The normalized spacial score (nSPS) is 16.1. The first-order valence-electron chi connectivity index (χ1n) is 3.40. The molecule has 0 bridgehead atoms. The molecule has 0 rings (SSSR count). The highest BCUT2D eigenvalue weighted by atomic mass is 32.2. The zero-order valence-electron chi connectivity index (χ0n) is 7.44. The molecule has 3 N–H and O–H groups in total. The van der Waals surface area contributed by atoms with Gasteiger partial charge in [-0.15, -0.1) is 0 Å². The molecule has 0 fully saturated rings. The Hall–Kier alpha value is -0.170. The fourth-order valence-electron chi connectivity index (χ4n) is 0.909. The van der Waals surface area contributed by atoms with Gasteiger partial charge in [-0.25, -0.2) is 13.6 Å². The Labute approximate surface area is 72.6 Å². The molecule has 0 saturated heterocycles. The number of primary sulfonamides is 1. The topological polar surface area (TPSA) is 89.6 Å². The molecule has 0 amide bonds. The van der Waals surface area contributed by atoms with Crippen LogP contribution in [-0.4, -0.2) is 32.7 Å². The Kier molecular flexibility index (Phi) is 3.64. The van der Waals surface area contributed by atoms with E-state index in [1.807, 2.05) is 0 Å². The largest absolute Gasteiger partial charge is 0.367 e. The van der Waals surface area contributed by atoms with E-state index >= 15 is 0 Å². The van der Waals surface area contributed by atoms with E-state index in [1.165, 1.54) is 7.11 Å². The Morgan fingerprint density at radius 2 is 2.00 bits per heavy atom. The van der Waals surface area contributed by atoms with E-state index in [1.54, 1.807) is 13.8 Å². The van der Waals surface area contributed by atoms with Crippen molar-refractivity contribution in [2.45, 2.75) is 20.1 Å². The third-order valence-corrected chi connectivity index (χ3v) is 2.61. The van der Waals surface area contributed by atoms with Crippen LogP contribution in [0.5, 0.6) is 0 Å². The summed E-state index contributed by atoms with van der Waals surface area (Å²) in [6, 6.07) is 0. The maximum Gasteiger partial charge on any atom is 0.209 e. The molecule has 0 aromatic carbocycles. The minimum Gasteiger partial charge on any atom is -0.367 e. The van der Waals surface area contributed by atoms with Crippen LogP contribution < -0.4 is 5.14 Å². The van der Waals surface area contributed by atoms with Crippen LogP contribution in [0.25, 0.3) is 0 Å². The second-order valence-electron chi connectivity index (χ2n) is 3.38. The lowest BCUT2D eigenvalue weighted by atomic mass is 9.96. The summed E-state index contributed by atoms with van der Waals surface area (Å²) in [6.07, 6.45) is -1.13. The molecule has 0 radical (unpaired) electrons. The van der Waals surface area contributed by atoms with Gasteiger partial charge in [-0.05, 0) is 0 Å². The number of hydrogen-bond donors (Lipinski definition) is 2. The summed E-state index contributed by atoms with van der Waals surface area (Å²) < 4.78 is 26.0. The van der Waals surface area contributed by atoms with Crippen LogP contribution in [0.3, 0.4) is 0 Å². The number of methoxy groups -OCH3 is 1. The highest BCUT2D eigenvalue weighted by molar-refractivity contribution is 7.89. The van der Waals surface area contributed by atoms with Crippen LogP contribution in [-0.2, 0) is 14.8 Å². The average molecular weight is 197 g/mol. The van der Waals surface area contributed by atoms with E-state index in [9.17, 15) is 13.5 Å². The van der Waals surface area contributed by atoms with Crippen molar-refractivity contribution in [3.05, 3.63) is 0 Å². The molecule has 5 nitrogen and oxygen atoms in total. The van der Waals surface area contributed by atoms with Crippen LogP contribution >= 0.6 is 0 Å². The van der Waals surface area contributed by atoms with Crippen LogP contribution in [0.1, 0.15) is 13.8 Å².